The standard InChI is InChI=1S/C21H19F6N7.2C21H21F4N7.C20H17F6N7/c1-12-4-3-9-34(11-12)19-32-17(14-5-2-6-15(30-14)20(22,23)24)31-18(33-19)29-13-7-8-28-16(10-13)21(25,26)27;1-13-11-14(7-9-26-13)27-18-29-17(15-5-3-6-16(28-15)21(23,24)25)30-19(31-18)32-10-4-8-20(2,22)12-32;1-13-12-14(6-9-26-13)27-18-29-17(15-4-3-5-16(28-15)21(23,24)25)30-19(31-18)32-10-7-20(2,22)8-11-32;21-19(22,23)14-6-4-5-13(29-14)16-30-17(32-18(31-16)33-9-2-1-3-10-33)28-12-7-8-27-15(11-12)20(24,25)26/h2,5-8,10,12H,3-4,9,11H2,1H3,(H,28,29,31,32,33);3,5-7,9,11H,4,8,10,12H2,1-2H3,(H,26,27,29,30,31);3-6,9,12H,7-8,10-11H2,1-2H3,(H,26,27,29,30,31);4-8,11H,1-3,9-10H2,(H,27,28,30,31,32). The van der Waals surface area contributed by atoms with Crippen LogP contribution in [-0.4, -0.2) is 163 Å². The van der Waals surface area contributed by atoms with Crippen LogP contribution in [0.1, 0.15) is 124 Å². The summed E-state index contributed by atoms with van der Waals surface area (Å²) in [6.07, 6.45) is -16.4. The topological polar surface area (TPSA) is 319 Å². The Morgan fingerprint density at radius 2 is 0.611 bits per heavy atom. The lowest BCUT2D eigenvalue weighted by Gasteiger charge is -2.35. The second-order valence-corrected chi connectivity index (χ2v) is 31.1. The Morgan fingerprint density at radius 1 is 0.305 bits per heavy atom. The first-order valence-electron chi connectivity index (χ1n) is 40.4. The Balaban J connectivity index is 0.000000149. The van der Waals surface area contributed by atoms with Crippen LogP contribution in [0.2, 0.25) is 0 Å². The lowest BCUT2D eigenvalue weighted by molar-refractivity contribution is -0.141. The van der Waals surface area contributed by atoms with Crippen molar-refractivity contribution in [3.8, 4) is 46.1 Å². The summed E-state index contributed by atoms with van der Waals surface area (Å²) < 4.78 is 265. The third-order valence-electron chi connectivity index (χ3n) is 20.1. The van der Waals surface area contributed by atoms with Crippen molar-refractivity contribution in [2.45, 2.75) is 141 Å². The van der Waals surface area contributed by atoms with Crippen molar-refractivity contribution in [3.05, 3.63) is 192 Å². The molecule has 690 valence electrons. The summed E-state index contributed by atoms with van der Waals surface area (Å²) in [4.78, 5) is 88.2. The number of alkyl halides is 20. The number of nitrogens with one attached hydrogen (secondary N) is 4. The number of nitrogens with zero attached hydrogens (tertiary/aromatic N) is 24. The average Bonchev–Trinajstić information content (AvgIpc) is 0.801. The minimum absolute atomic E-state index is 0.00874. The number of anilines is 12. The monoisotopic (exact) mass is 1850 g/mol. The Labute approximate surface area is 732 Å². The highest BCUT2D eigenvalue weighted by molar-refractivity contribution is 5.65. The second kappa shape index (κ2) is 39.3. The summed E-state index contributed by atoms with van der Waals surface area (Å²) >= 11 is 0. The first-order chi connectivity index (χ1) is 61.8. The Kier molecular flexibility index (Phi) is 28.4. The van der Waals surface area contributed by atoms with Crippen molar-refractivity contribution < 1.29 is 87.8 Å². The molecule has 2 unspecified atom stereocenters. The number of halogens is 20. The van der Waals surface area contributed by atoms with E-state index in [0.29, 0.717) is 88.8 Å². The summed E-state index contributed by atoms with van der Waals surface area (Å²) in [5.74, 6) is 0.834. The van der Waals surface area contributed by atoms with Gasteiger partial charge in [-0.3, -0.25) is 19.9 Å². The quantitative estimate of drug-likeness (QED) is 0.0653. The molecule has 12 aromatic heterocycles. The molecule has 0 spiro atoms. The summed E-state index contributed by atoms with van der Waals surface area (Å²) in [6.45, 7) is 12.6. The maximum absolute atomic E-state index is 14.6. The molecule has 0 aliphatic carbocycles. The van der Waals surface area contributed by atoms with E-state index in [4.69, 9.17) is 0 Å². The molecule has 0 aromatic carbocycles. The van der Waals surface area contributed by atoms with E-state index in [-0.39, 0.29) is 112 Å². The number of hydrogen-bond acceptors (Lipinski definition) is 28. The number of piperidine rings is 4. The molecular weight excluding hydrogens is 1770 g/mol. The molecule has 2 atom stereocenters. The minimum Gasteiger partial charge on any atom is -0.341 e. The second-order valence-electron chi connectivity index (χ2n) is 31.1. The van der Waals surface area contributed by atoms with Crippen molar-refractivity contribution in [2.75, 3.05) is 93.2 Å². The van der Waals surface area contributed by atoms with Crippen molar-refractivity contribution in [1.29, 1.82) is 0 Å². The molecule has 131 heavy (non-hydrogen) atoms. The van der Waals surface area contributed by atoms with E-state index >= 15 is 0 Å². The summed E-state index contributed by atoms with van der Waals surface area (Å²) in [7, 11) is 0. The van der Waals surface area contributed by atoms with Crippen molar-refractivity contribution in [2.24, 2.45) is 5.92 Å². The number of aromatic nitrogens is 20. The van der Waals surface area contributed by atoms with Crippen LogP contribution in [0.5, 0.6) is 0 Å². The maximum atomic E-state index is 14.6. The van der Waals surface area contributed by atoms with Crippen LogP contribution in [0, 0.1) is 19.8 Å². The molecule has 4 saturated heterocycles. The van der Waals surface area contributed by atoms with E-state index in [1.54, 1.807) is 53.4 Å². The van der Waals surface area contributed by atoms with Gasteiger partial charge in [0, 0.05) is 105 Å². The van der Waals surface area contributed by atoms with Gasteiger partial charge in [0.05, 0.1) is 6.54 Å². The minimum atomic E-state index is -4.67. The third-order valence-corrected chi connectivity index (χ3v) is 20.1. The Hall–Kier alpha value is -13.8. The highest BCUT2D eigenvalue weighted by Crippen LogP contribution is 2.39. The van der Waals surface area contributed by atoms with Gasteiger partial charge in [-0.05, 0) is 188 Å². The molecule has 12 aromatic rings. The van der Waals surface area contributed by atoms with E-state index in [2.05, 4.69) is 128 Å². The van der Waals surface area contributed by atoms with Gasteiger partial charge in [-0.2, -0.15) is 139 Å². The zero-order valence-electron chi connectivity index (χ0n) is 69.7. The molecule has 4 fully saturated rings. The van der Waals surface area contributed by atoms with Gasteiger partial charge < -0.3 is 40.9 Å². The fraction of sp³-hybridized carbons (Fsp3) is 0.373. The van der Waals surface area contributed by atoms with E-state index < -0.39 is 82.6 Å². The first kappa shape index (κ1) is 94.8. The molecule has 4 N–H and O–H groups in total. The number of aryl methyl sites for hydroxylation is 2. The highest BCUT2D eigenvalue weighted by Gasteiger charge is 2.40. The molecular formula is C83H78F20N28. The van der Waals surface area contributed by atoms with E-state index in [0.717, 1.165) is 92.3 Å². The molecule has 0 radical (unpaired) electrons. The molecule has 4 aliphatic heterocycles. The predicted octanol–water partition coefficient (Wildman–Crippen LogP) is 19.9. The van der Waals surface area contributed by atoms with Gasteiger partial charge in [0.15, 0.2) is 23.3 Å². The normalized spacial score (nSPS) is 16.8. The predicted molar refractivity (Wildman–Crippen MR) is 440 cm³/mol. The van der Waals surface area contributed by atoms with Gasteiger partial charge >= 0.3 is 37.1 Å². The lowest BCUT2D eigenvalue weighted by atomic mass is 9.96. The summed E-state index contributed by atoms with van der Waals surface area (Å²) in [6, 6.07) is 24.9. The Bertz CT molecular complexity index is 5940. The van der Waals surface area contributed by atoms with E-state index in [9.17, 15) is 87.8 Å². The Morgan fingerprint density at radius 3 is 0.939 bits per heavy atom. The molecule has 48 heteroatoms. The zero-order chi connectivity index (χ0) is 94.0. The average molecular weight is 1850 g/mol. The number of rotatable bonds is 16. The smallest absolute Gasteiger partial charge is 0.341 e. The van der Waals surface area contributed by atoms with Crippen LogP contribution in [0.4, 0.5) is 158 Å². The van der Waals surface area contributed by atoms with Crippen LogP contribution in [0.25, 0.3) is 46.1 Å². The molecule has 0 bridgehead atoms. The van der Waals surface area contributed by atoms with Gasteiger partial charge in [-0.25, -0.2) is 28.7 Å². The number of hydrogen-bond donors (Lipinski definition) is 4. The van der Waals surface area contributed by atoms with Crippen molar-refractivity contribution in [3.63, 3.8) is 0 Å². The maximum Gasteiger partial charge on any atom is 0.433 e. The third kappa shape index (κ3) is 26.3. The van der Waals surface area contributed by atoms with Gasteiger partial charge in [0.2, 0.25) is 47.6 Å². The first-order valence-corrected chi connectivity index (χ1v) is 40.4. The van der Waals surface area contributed by atoms with Crippen LogP contribution >= 0.6 is 0 Å². The van der Waals surface area contributed by atoms with Gasteiger partial charge in [-0.15, -0.1) is 0 Å². The largest absolute Gasteiger partial charge is 0.433 e. The number of pyridine rings is 8. The van der Waals surface area contributed by atoms with Gasteiger partial charge in [-0.1, -0.05) is 31.2 Å². The van der Waals surface area contributed by atoms with Crippen LogP contribution in [0.3, 0.4) is 0 Å². The van der Waals surface area contributed by atoms with Gasteiger partial charge in [0.1, 0.15) is 68.3 Å². The fourth-order valence-electron chi connectivity index (χ4n) is 13.7. The van der Waals surface area contributed by atoms with Crippen LogP contribution in [-0.2, 0) is 37.1 Å². The molecule has 28 nitrogen and oxygen atoms in total. The van der Waals surface area contributed by atoms with E-state index in [1.807, 2.05) is 23.6 Å². The van der Waals surface area contributed by atoms with Crippen molar-refractivity contribution >= 4 is 70.3 Å². The van der Waals surface area contributed by atoms with Gasteiger partial charge in [0.25, 0.3) is 0 Å². The molecule has 0 amide bonds. The molecule has 4 aliphatic rings. The lowest BCUT2D eigenvalue weighted by Crippen LogP contribution is -2.44. The molecule has 16 rings (SSSR count). The van der Waals surface area contributed by atoms with Crippen molar-refractivity contribution in [1.82, 2.24) is 99.7 Å². The molecule has 16 heterocycles. The SMILES string of the molecule is CC1CCCN(c2nc(Nc3ccnc(C(F)(F)F)c3)nc(-c3cccc(C(F)(F)F)n3)n2)C1.Cc1cc(Nc2nc(-c3cccc(C(F)(F)F)n3)nc(N3CCC(C)(F)CC3)n2)ccn1.Cc1cc(Nc2nc(-c3cccc(C(F)(F)F)n3)nc(N3CCCC(C)(F)C3)n2)ccn1.FC(F)(F)c1cc(Nc2nc(-c3cccc(C(F)(F)F)n3)nc(N3CCCCC3)n2)ccn1. The van der Waals surface area contributed by atoms with E-state index in [1.165, 1.54) is 67.6 Å². The summed E-state index contributed by atoms with van der Waals surface area (Å²) in [5.41, 5.74) is -6.77. The fourth-order valence-corrected chi connectivity index (χ4v) is 13.7. The summed E-state index contributed by atoms with van der Waals surface area (Å²) in [5, 5.41) is 11.4. The van der Waals surface area contributed by atoms with Crippen LogP contribution in [0.15, 0.2) is 146 Å². The van der Waals surface area contributed by atoms with Crippen LogP contribution < -0.4 is 40.9 Å². The molecule has 0 saturated carbocycles. The highest BCUT2D eigenvalue weighted by atomic mass is 19.4. The zero-order valence-corrected chi connectivity index (χ0v) is 69.7.